The number of aromatic nitrogens is 1. The first-order chi connectivity index (χ1) is 6.31. The van der Waals surface area contributed by atoms with Crippen molar-refractivity contribution in [1.29, 1.82) is 0 Å². The third kappa shape index (κ3) is 1.38. The molecule has 0 radical (unpaired) electrons. The number of nitrogens with zero attached hydrogens (tertiary/aromatic N) is 1. The molecule has 0 unspecified atom stereocenters. The highest BCUT2D eigenvalue weighted by atomic mass is 15.1. The molecule has 3 nitrogen and oxygen atoms in total. The Balaban J connectivity index is 2.58. The molecule has 0 aliphatic carbocycles. The number of hydrogen-bond acceptors (Lipinski definition) is 2. The number of fused-ring (bicyclic) bond motifs is 1. The van der Waals surface area contributed by atoms with Gasteiger partial charge in [-0.25, -0.2) is 0 Å². The van der Waals surface area contributed by atoms with Gasteiger partial charge in [-0.05, 0) is 30.6 Å². The van der Waals surface area contributed by atoms with Gasteiger partial charge in [0.1, 0.15) is 0 Å². The van der Waals surface area contributed by atoms with Gasteiger partial charge >= 0.3 is 0 Å². The summed E-state index contributed by atoms with van der Waals surface area (Å²) in [6.07, 6.45) is 2.06. The number of anilines is 1. The van der Waals surface area contributed by atoms with Crippen molar-refractivity contribution >= 4 is 16.6 Å². The number of rotatable bonds is 2. The van der Waals surface area contributed by atoms with E-state index >= 15 is 0 Å². The van der Waals surface area contributed by atoms with E-state index in [1.54, 1.807) is 0 Å². The predicted molar refractivity (Wildman–Crippen MR) is 55.4 cm³/mol. The molecule has 13 heavy (non-hydrogen) atoms. The van der Waals surface area contributed by atoms with Crippen LogP contribution < -0.4 is 11.1 Å². The molecular formula is C10H13N3. The SMILES string of the molecule is CNCn1ccc2ccc(N)cc21. The van der Waals surface area contributed by atoms with Crippen molar-refractivity contribution in [2.45, 2.75) is 6.67 Å². The minimum absolute atomic E-state index is 0.809. The minimum atomic E-state index is 0.809. The van der Waals surface area contributed by atoms with E-state index in [0.717, 1.165) is 12.4 Å². The second-order valence-corrected chi connectivity index (χ2v) is 3.12. The summed E-state index contributed by atoms with van der Waals surface area (Å²) in [5.74, 6) is 0. The van der Waals surface area contributed by atoms with Gasteiger partial charge < -0.3 is 15.6 Å². The van der Waals surface area contributed by atoms with Crippen molar-refractivity contribution in [3.05, 3.63) is 30.5 Å². The Morgan fingerprint density at radius 3 is 3.00 bits per heavy atom. The average molecular weight is 175 g/mol. The van der Waals surface area contributed by atoms with Crippen molar-refractivity contribution < 1.29 is 0 Å². The number of hydrogen-bond donors (Lipinski definition) is 2. The van der Waals surface area contributed by atoms with Crippen molar-refractivity contribution in [2.24, 2.45) is 0 Å². The molecular weight excluding hydrogens is 162 g/mol. The number of benzene rings is 1. The molecule has 1 aromatic carbocycles. The van der Waals surface area contributed by atoms with Crippen molar-refractivity contribution in [2.75, 3.05) is 12.8 Å². The quantitative estimate of drug-likeness (QED) is 0.677. The fourth-order valence-corrected chi connectivity index (χ4v) is 1.51. The van der Waals surface area contributed by atoms with Crippen LogP contribution in [-0.4, -0.2) is 11.6 Å². The lowest BCUT2D eigenvalue weighted by Gasteiger charge is -2.03. The van der Waals surface area contributed by atoms with E-state index in [2.05, 4.69) is 22.1 Å². The summed E-state index contributed by atoms with van der Waals surface area (Å²) in [5.41, 5.74) is 7.70. The molecule has 1 aromatic heterocycles. The molecule has 2 rings (SSSR count). The lowest BCUT2D eigenvalue weighted by Crippen LogP contribution is -2.11. The third-order valence-corrected chi connectivity index (χ3v) is 2.13. The van der Waals surface area contributed by atoms with E-state index in [9.17, 15) is 0 Å². The summed E-state index contributed by atoms with van der Waals surface area (Å²) in [7, 11) is 1.93. The van der Waals surface area contributed by atoms with E-state index in [1.165, 1.54) is 10.9 Å². The highest BCUT2D eigenvalue weighted by molar-refractivity contribution is 5.83. The Morgan fingerprint density at radius 1 is 1.38 bits per heavy atom. The second-order valence-electron chi connectivity index (χ2n) is 3.12. The standard InChI is InChI=1S/C10H13N3/c1-12-7-13-5-4-8-2-3-9(11)6-10(8)13/h2-6,12H,7,11H2,1H3. The first-order valence-electron chi connectivity index (χ1n) is 4.30. The van der Waals surface area contributed by atoms with E-state index in [-0.39, 0.29) is 0 Å². The molecule has 0 amide bonds. The molecule has 3 N–H and O–H groups in total. The largest absolute Gasteiger partial charge is 0.399 e. The number of nitrogen functional groups attached to an aromatic ring is 1. The molecule has 0 atom stereocenters. The van der Waals surface area contributed by atoms with Gasteiger partial charge in [0.2, 0.25) is 0 Å². The third-order valence-electron chi connectivity index (χ3n) is 2.13. The molecule has 0 saturated heterocycles. The summed E-state index contributed by atoms with van der Waals surface area (Å²) < 4.78 is 2.13. The van der Waals surface area contributed by atoms with E-state index in [4.69, 9.17) is 5.73 Å². The monoisotopic (exact) mass is 175 g/mol. The van der Waals surface area contributed by atoms with E-state index < -0.39 is 0 Å². The molecule has 0 fully saturated rings. The molecule has 2 aromatic rings. The second kappa shape index (κ2) is 3.11. The highest BCUT2D eigenvalue weighted by Crippen LogP contribution is 2.18. The molecule has 68 valence electrons. The summed E-state index contributed by atoms with van der Waals surface area (Å²) in [6, 6.07) is 8.04. The number of nitrogens with one attached hydrogen (secondary N) is 1. The summed E-state index contributed by atoms with van der Waals surface area (Å²) >= 11 is 0. The van der Waals surface area contributed by atoms with Gasteiger partial charge in [0.05, 0.1) is 12.2 Å². The van der Waals surface area contributed by atoms with Crippen LogP contribution in [0.2, 0.25) is 0 Å². The summed E-state index contributed by atoms with van der Waals surface area (Å²) in [5, 5.41) is 4.33. The maximum Gasteiger partial charge on any atom is 0.0723 e. The zero-order chi connectivity index (χ0) is 9.26. The minimum Gasteiger partial charge on any atom is -0.399 e. The molecule has 0 spiro atoms. The average Bonchev–Trinajstić information content (AvgIpc) is 2.49. The Labute approximate surface area is 77.2 Å². The van der Waals surface area contributed by atoms with Gasteiger partial charge in [-0.15, -0.1) is 0 Å². The maximum absolute atomic E-state index is 5.71. The van der Waals surface area contributed by atoms with Crippen LogP contribution in [0.5, 0.6) is 0 Å². The molecule has 0 bridgehead atoms. The fourth-order valence-electron chi connectivity index (χ4n) is 1.51. The smallest absolute Gasteiger partial charge is 0.0723 e. The van der Waals surface area contributed by atoms with Crippen LogP contribution in [-0.2, 0) is 6.67 Å². The lowest BCUT2D eigenvalue weighted by molar-refractivity contribution is 0.637. The summed E-state index contributed by atoms with van der Waals surface area (Å²) in [4.78, 5) is 0. The van der Waals surface area contributed by atoms with E-state index in [0.29, 0.717) is 0 Å². The maximum atomic E-state index is 5.71. The number of nitrogens with two attached hydrogens (primary N) is 1. The van der Waals surface area contributed by atoms with Gasteiger partial charge in [-0.3, -0.25) is 0 Å². The molecule has 3 heteroatoms. The van der Waals surface area contributed by atoms with Crippen LogP contribution >= 0.6 is 0 Å². The Kier molecular flexibility index (Phi) is 1.94. The fraction of sp³-hybridized carbons (Fsp3) is 0.200. The molecule has 0 aliphatic rings. The van der Waals surface area contributed by atoms with E-state index in [1.807, 2.05) is 25.2 Å². The predicted octanol–water partition coefficient (Wildman–Crippen LogP) is 1.40. The zero-order valence-corrected chi connectivity index (χ0v) is 7.62. The Hall–Kier alpha value is -1.48. The van der Waals surface area contributed by atoms with Crippen LogP contribution in [0.3, 0.4) is 0 Å². The first kappa shape index (κ1) is 8.13. The summed E-state index contributed by atoms with van der Waals surface area (Å²) in [6.45, 7) is 0.812. The molecule has 0 aliphatic heterocycles. The van der Waals surface area contributed by atoms with Crippen molar-refractivity contribution in [3.8, 4) is 0 Å². The molecule has 0 saturated carbocycles. The first-order valence-corrected chi connectivity index (χ1v) is 4.30. The lowest BCUT2D eigenvalue weighted by atomic mass is 10.2. The zero-order valence-electron chi connectivity index (χ0n) is 7.62. The van der Waals surface area contributed by atoms with Crippen LogP contribution in [0.1, 0.15) is 0 Å². The van der Waals surface area contributed by atoms with Gasteiger partial charge in [0.15, 0.2) is 0 Å². The normalized spacial score (nSPS) is 10.8. The van der Waals surface area contributed by atoms with Gasteiger partial charge in [0, 0.05) is 11.9 Å². The van der Waals surface area contributed by atoms with Crippen LogP contribution in [0.4, 0.5) is 5.69 Å². The highest BCUT2D eigenvalue weighted by Gasteiger charge is 1.99. The van der Waals surface area contributed by atoms with Crippen molar-refractivity contribution in [1.82, 2.24) is 9.88 Å². The van der Waals surface area contributed by atoms with Gasteiger partial charge in [0.25, 0.3) is 0 Å². The molecule has 1 heterocycles. The van der Waals surface area contributed by atoms with Gasteiger partial charge in [-0.2, -0.15) is 0 Å². The Bertz CT molecular complexity index is 417. The van der Waals surface area contributed by atoms with Crippen LogP contribution in [0.25, 0.3) is 10.9 Å². The van der Waals surface area contributed by atoms with Crippen LogP contribution in [0.15, 0.2) is 30.5 Å². The topological polar surface area (TPSA) is 43.0 Å². The van der Waals surface area contributed by atoms with Gasteiger partial charge in [-0.1, -0.05) is 6.07 Å². The van der Waals surface area contributed by atoms with Crippen molar-refractivity contribution in [3.63, 3.8) is 0 Å². The van der Waals surface area contributed by atoms with Crippen LogP contribution in [0, 0.1) is 0 Å². The Morgan fingerprint density at radius 2 is 2.23 bits per heavy atom.